The molecule has 0 aliphatic rings. The van der Waals surface area contributed by atoms with Crippen LogP contribution in [0.5, 0.6) is 0 Å². The Morgan fingerprint density at radius 1 is 1.32 bits per heavy atom. The van der Waals surface area contributed by atoms with Gasteiger partial charge in [0.05, 0.1) is 11.6 Å². The van der Waals surface area contributed by atoms with E-state index in [2.05, 4.69) is 23.5 Å². The van der Waals surface area contributed by atoms with Crippen molar-refractivity contribution < 1.29 is 5.82 Å². The first-order valence-electron chi connectivity index (χ1n) is 9.11. The Bertz CT molecular complexity index is 1120. The van der Waals surface area contributed by atoms with E-state index in [-0.39, 0.29) is 6.86 Å². The van der Waals surface area contributed by atoms with Gasteiger partial charge in [-0.1, -0.05) is 50.8 Å². The Morgan fingerprint density at radius 2 is 2.07 bits per heavy atom. The number of fused-ring (bicyclic) bond motifs is 1. The maximum Gasteiger partial charge on any atom is 0.193 e. The summed E-state index contributed by atoms with van der Waals surface area (Å²) in [5.74, 6) is 0.0587. The van der Waals surface area contributed by atoms with E-state index in [4.69, 9.17) is 0 Å². The molecule has 0 amide bonds. The molecule has 0 saturated carbocycles. The molecule has 0 saturated heterocycles. The van der Waals surface area contributed by atoms with Gasteiger partial charge < -0.3 is 5.32 Å². The van der Waals surface area contributed by atoms with Crippen LogP contribution < -0.4 is 10.7 Å². The highest BCUT2D eigenvalue weighted by Crippen LogP contribution is 2.26. The average Bonchev–Trinajstić information content (AvgIpc) is 2.70. The fraction of sp³-hybridized carbons (Fsp3) is 0.130. The minimum atomic E-state index is -0.454. The van der Waals surface area contributed by atoms with Crippen LogP contribution in [-0.2, 0) is 6.42 Å². The Morgan fingerprint density at radius 3 is 2.71 bits per heavy atom. The fourth-order valence-electron chi connectivity index (χ4n) is 3.18. The minimum Gasteiger partial charge on any atom is -0.341 e. The highest BCUT2D eigenvalue weighted by molar-refractivity contribution is 5.83. The molecule has 0 radical (unpaired) electrons. The number of hydrogen-bond acceptors (Lipinski definition) is 3. The van der Waals surface area contributed by atoms with E-state index in [1.807, 2.05) is 41.8 Å². The van der Waals surface area contributed by atoms with Crippen LogP contribution in [0.25, 0.3) is 16.7 Å². The molecule has 144 valence electrons. The number of rotatable bonds is 7. The van der Waals surface area contributed by atoms with Crippen molar-refractivity contribution >= 4 is 16.9 Å². The molecule has 0 spiro atoms. The third kappa shape index (κ3) is 3.64. The van der Waals surface area contributed by atoms with Crippen LogP contribution in [0.1, 0.15) is 20.3 Å². The Labute approximate surface area is 164 Å². The topological polar surface area (TPSA) is 46.9 Å². The van der Waals surface area contributed by atoms with Gasteiger partial charge in [0, 0.05) is 24.4 Å². The van der Waals surface area contributed by atoms with Gasteiger partial charge in [0.1, 0.15) is 17.3 Å². The van der Waals surface area contributed by atoms with Crippen molar-refractivity contribution in [1.82, 2.24) is 9.55 Å². The van der Waals surface area contributed by atoms with Crippen molar-refractivity contribution in [3.05, 3.63) is 101 Å². The Hall–Kier alpha value is -3.47. The summed E-state index contributed by atoms with van der Waals surface area (Å²) in [7, 11) is 0. The molecule has 3 aromatic rings. The summed E-state index contributed by atoms with van der Waals surface area (Å²) in [6, 6.07) is 11.0. The first kappa shape index (κ1) is 19.3. The molecule has 0 atom stereocenters. The highest BCUT2D eigenvalue weighted by Gasteiger charge is 2.18. The van der Waals surface area contributed by atoms with E-state index in [9.17, 15) is 9.18 Å². The van der Waals surface area contributed by atoms with Gasteiger partial charge >= 0.3 is 0 Å². The SMILES string of the molecule is C=C/C=C(\C=C)Nc1cc(=O)c2c(CCC)c(F)cnc2n1-c1ccccc1.[HH]. The van der Waals surface area contributed by atoms with Gasteiger partial charge in [-0.15, -0.1) is 0 Å². The molecule has 0 aliphatic carbocycles. The molecule has 1 aromatic carbocycles. The van der Waals surface area contributed by atoms with Crippen LogP contribution in [0.4, 0.5) is 10.2 Å². The summed E-state index contributed by atoms with van der Waals surface area (Å²) in [5.41, 5.74) is 2.02. The predicted octanol–water partition coefficient (Wildman–Crippen LogP) is 5.39. The molecule has 0 fully saturated rings. The second-order valence-corrected chi connectivity index (χ2v) is 6.28. The summed E-state index contributed by atoms with van der Waals surface area (Å²) in [5, 5.41) is 3.51. The number of hydrogen-bond donors (Lipinski definition) is 1. The van der Waals surface area contributed by atoms with Crippen LogP contribution in [0.15, 0.2) is 84.5 Å². The van der Waals surface area contributed by atoms with E-state index in [0.29, 0.717) is 34.5 Å². The van der Waals surface area contributed by atoms with Crippen LogP contribution in [0.3, 0.4) is 0 Å². The monoisotopic (exact) mass is 377 g/mol. The van der Waals surface area contributed by atoms with E-state index in [1.54, 1.807) is 18.2 Å². The van der Waals surface area contributed by atoms with E-state index in [1.165, 1.54) is 12.3 Å². The predicted molar refractivity (Wildman–Crippen MR) is 116 cm³/mol. The first-order chi connectivity index (χ1) is 13.6. The van der Waals surface area contributed by atoms with Gasteiger partial charge in [-0.25, -0.2) is 9.37 Å². The molecular formula is C23H24FN3O. The maximum atomic E-state index is 14.4. The number of nitrogens with zero attached hydrogens (tertiary/aromatic N) is 2. The number of pyridine rings is 2. The van der Waals surface area contributed by atoms with Gasteiger partial charge in [0.15, 0.2) is 5.43 Å². The number of para-hydroxylation sites is 1. The third-order valence-corrected chi connectivity index (χ3v) is 4.38. The van der Waals surface area contributed by atoms with Crippen molar-refractivity contribution in [3.63, 3.8) is 0 Å². The summed E-state index contributed by atoms with van der Waals surface area (Å²) >= 11 is 0. The highest BCUT2D eigenvalue weighted by atomic mass is 19.1. The molecule has 0 bridgehead atoms. The average molecular weight is 377 g/mol. The zero-order chi connectivity index (χ0) is 20.1. The van der Waals surface area contributed by atoms with Gasteiger partial charge in [0.2, 0.25) is 0 Å². The van der Waals surface area contributed by atoms with Crippen LogP contribution in [0.2, 0.25) is 0 Å². The zero-order valence-corrected chi connectivity index (χ0v) is 15.8. The van der Waals surface area contributed by atoms with E-state index >= 15 is 0 Å². The molecule has 5 heteroatoms. The quantitative estimate of drug-likeness (QED) is 0.562. The lowest BCUT2D eigenvalue weighted by atomic mass is 10.1. The molecule has 0 aliphatic heterocycles. The second kappa shape index (κ2) is 8.48. The first-order valence-corrected chi connectivity index (χ1v) is 9.11. The molecule has 3 rings (SSSR count). The summed E-state index contributed by atoms with van der Waals surface area (Å²) in [6.45, 7) is 9.43. The molecule has 2 aromatic heterocycles. The van der Waals surface area contributed by atoms with Gasteiger partial charge in [-0.05, 0) is 30.7 Å². The lowest BCUT2D eigenvalue weighted by molar-refractivity contribution is 0.604. The van der Waals surface area contributed by atoms with Crippen molar-refractivity contribution in [2.75, 3.05) is 5.32 Å². The minimum absolute atomic E-state index is 0. The van der Waals surface area contributed by atoms with Crippen molar-refractivity contribution in [3.8, 4) is 5.69 Å². The summed E-state index contributed by atoms with van der Waals surface area (Å²) < 4.78 is 16.2. The standard InChI is InChI=1S/C23H22FN3O.H2/c1-4-10-16(6-3)26-21-14-20(28)22-18(11-5-2)19(24)15-25-23(22)27(21)17-12-8-7-9-13-17;/h4,6-10,12-15,26H,1,3,5,11H2,2H3;1H/b16-10+;. The van der Waals surface area contributed by atoms with Crippen molar-refractivity contribution in [2.24, 2.45) is 0 Å². The number of aryl methyl sites for hydroxylation is 1. The van der Waals surface area contributed by atoms with E-state index in [0.717, 1.165) is 12.1 Å². The number of benzene rings is 1. The number of nitrogens with one attached hydrogen (secondary N) is 1. The van der Waals surface area contributed by atoms with Crippen LogP contribution >= 0.6 is 0 Å². The summed E-state index contributed by atoms with van der Waals surface area (Å²) in [6.07, 6.45) is 7.39. The lowest BCUT2D eigenvalue weighted by Crippen LogP contribution is -2.17. The number of aromatic nitrogens is 2. The van der Waals surface area contributed by atoms with Crippen molar-refractivity contribution in [1.29, 1.82) is 0 Å². The largest absolute Gasteiger partial charge is 0.341 e. The van der Waals surface area contributed by atoms with Gasteiger partial charge in [-0.3, -0.25) is 9.36 Å². The molecule has 28 heavy (non-hydrogen) atoms. The fourth-order valence-corrected chi connectivity index (χ4v) is 3.18. The maximum absolute atomic E-state index is 14.4. The lowest BCUT2D eigenvalue weighted by Gasteiger charge is -2.19. The zero-order valence-electron chi connectivity index (χ0n) is 15.8. The Balaban J connectivity index is 0.00000300. The molecule has 0 unspecified atom stereocenters. The van der Waals surface area contributed by atoms with E-state index < -0.39 is 5.82 Å². The molecular weight excluding hydrogens is 353 g/mol. The molecule has 2 heterocycles. The summed E-state index contributed by atoms with van der Waals surface area (Å²) in [4.78, 5) is 17.2. The number of halogens is 1. The third-order valence-electron chi connectivity index (χ3n) is 4.38. The number of anilines is 1. The van der Waals surface area contributed by atoms with Crippen LogP contribution in [-0.4, -0.2) is 9.55 Å². The van der Waals surface area contributed by atoms with Gasteiger partial charge in [-0.2, -0.15) is 0 Å². The molecule has 4 nitrogen and oxygen atoms in total. The Kier molecular flexibility index (Phi) is 5.84. The van der Waals surface area contributed by atoms with Crippen LogP contribution in [0, 0.1) is 5.82 Å². The normalized spacial score (nSPS) is 11.4. The molecule has 1 N–H and O–H groups in total. The van der Waals surface area contributed by atoms with Gasteiger partial charge in [0.25, 0.3) is 0 Å². The van der Waals surface area contributed by atoms with Crippen molar-refractivity contribution in [2.45, 2.75) is 19.8 Å². The second-order valence-electron chi connectivity index (χ2n) is 6.28. The number of allylic oxidation sites excluding steroid dienone is 3. The smallest absolute Gasteiger partial charge is 0.193 e.